The minimum atomic E-state index is -1.11. The predicted octanol–water partition coefficient (Wildman–Crippen LogP) is 0.501. The standard InChI is InChI=1S/C14H20N2O2/c15-8-13(17)14(18)16-9-10-5-6-11-3-1-2-4-12(11)7-10/h5-7,13,17H,1-4,8-9,15H2,(H,16,18). The van der Waals surface area contributed by atoms with Crippen LogP contribution in [0.3, 0.4) is 0 Å². The van der Waals surface area contributed by atoms with Crippen molar-refractivity contribution >= 4 is 5.91 Å². The fraction of sp³-hybridized carbons (Fsp3) is 0.500. The number of carbonyl (C=O) groups is 1. The van der Waals surface area contributed by atoms with Gasteiger partial charge in [0.25, 0.3) is 0 Å². The minimum Gasteiger partial charge on any atom is -0.382 e. The van der Waals surface area contributed by atoms with Crippen LogP contribution in [-0.2, 0) is 24.2 Å². The van der Waals surface area contributed by atoms with E-state index in [0.29, 0.717) is 6.54 Å². The molecule has 1 aliphatic rings. The van der Waals surface area contributed by atoms with Crippen molar-refractivity contribution in [2.45, 2.75) is 38.3 Å². The summed E-state index contributed by atoms with van der Waals surface area (Å²) in [7, 11) is 0. The third kappa shape index (κ3) is 3.09. The number of aliphatic hydroxyl groups is 1. The number of fused-ring (bicyclic) bond motifs is 1. The molecule has 1 aliphatic carbocycles. The lowest BCUT2D eigenvalue weighted by Gasteiger charge is -2.17. The summed E-state index contributed by atoms with van der Waals surface area (Å²) >= 11 is 0. The van der Waals surface area contributed by atoms with Gasteiger partial charge in [-0.3, -0.25) is 4.79 Å². The van der Waals surface area contributed by atoms with Crippen LogP contribution in [0, 0.1) is 0 Å². The molecule has 0 radical (unpaired) electrons. The zero-order chi connectivity index (χ0) is 13.0. The molecular weight excluding hydrogens is 228 g/mol. The topological polar surface area (TPSA) is 75.3 Å². The predicted molar refractivity (Wildman–Crippen MR) is 70.0 cm³/mol. The Labute approximate surface area is 107 Å². The first kappa shape index (κ1) is 13.1. The van der Waals surface area contributed by atoms with Gasteiger partial charge in [0.1, 0.15) is 6.10 Å². The van der Waals surface area contributed by atoms with Gasteiger partial charge in [0, 0.05) is 13.1 Å². The fourth-order valence-electron chi connectivity index (χ4n) is 2.31. The van der Waals surface area contributed by atoms with E-state index in [2.05, 4.69) is 17.4 Å². The van der Waals surface area contributed by atoms with Crippen molar-refractivity contribution in [3.8, 4) is 0 Å². The van der Waals surface area contributed by atoms with Gasteiger partial charge >= 0.3 is 0 Å². The summed E-state index contributed by atoms with van der Waals surface area (Å²) in [4.78, 5) is 11.4. The van der Waals surface area contributed by atoms with Crippen molar-refractivity contribution in [3.63, 3.8) is 0 Å². The first-order valence-electron chi connectivity index (χ1n) is 6.47. The lowest BCUT2D eigenvalue weighted by Crippen LogP contribution is -2.38. The van der Waals surface area contributed by atoms with E-state index in [9.17, 15) is 9.90 Å². The van der Waals surface area contributed by atoms with E-state index in [1.807, 2.05) is 6.07 Å². The van der Waals surface area contributed by atoms with Gasteiger partial charge in [0.05, 0.1) is 0 Å². The molecule has 0 saturated carbocycles. The largest absolute Gasteiger partial charge is 0.382 e. The van der Waals surface area contributed by atoms with Crippen LogP contribution in [0.25, 0.3) is 0 Å². The van der Waals surface area contributed by atoms with Crippen LogP contribution < -0.4 is 11.1 Å². The highest BCUT2D eigenvalue weighted by atomic mass is 16.3. The van der Waals surface area contributed by atoms with E-state index in [-0.39, 0.29) is 6.54 Å². The number of benzene rings is 1. The summed E-state index contributed by atoms with van der Waals surface area (Å²) in [5.41, 5.74) is 9.12. The highest BCUT2D eigenvalue weighted by molar-refractivity contribution is 5.80. The third-order valence-corrected chi connectivity index (χ3v) is 3.41. The van der Waals surface area contributed by atoms with Crippen LogP contribution in [0.5, 0.6) is 0 Å². The average Bonchev–Trinajstić information content (AvgIpc) is 2.43. The van der Waals surface area contributed by atoms with E-state index < -0.39 is 12.0 Å². The Balaban J connectivity index is 1.96. The summed E-state index contributed by atoms with van der Waals surface area (Å²) < 4.78 is 0. The van der Waals surface area contributed by atoms with Gasteiger partial charge in [0.15, 0.2) is 0 Å². The van der Waals surface area contributed by atoms with Crippen LogP contribution in [-0.4, -0.2) is 23.7 Å². The molecule has 0 aliphatic heterocycles. The molecule has 98 valence electrons. The molecule has 4 heteroatoms. The molecule has 2 rings (SSSR count). The Morgan fingerprint density at radius 1 is 1.33 bits per heavy atom. The minimum absolute atomic E-state index is 0.0456. The number of nitrogens with two attached hydrogens (primary N) is 1. The second-order valence-corrected chi connectivity index (χ2v) is 4.78. The van der Waals surface area contributed by atoms with Crippen molar-refractivity contribution in [1.29, 1.82) is 0 Å². The molecule has 0 aromatic heterocycles. The van der Waals surface area contributed by atoms with E-state index in [1.54, 1.807) is 0 Å². The molecule has 4 N–H and O–H groups in total. The normalized spacial score (nSPS) is 15.9. The molecule has 4 nitrogen and oxygen atoms in total. The summed E-state index contributed by atoms with van der Waals surface area (Å²) in [6, 6.07) is 6.35. The number of aryl methyl sites for hydroxylation is 2. The summed E-state index contributed by atoms with van der Waals surface area (Å²) in [6.07, 6.45) is 3.69. The quantitative estimate of drug-likeness (QED) is 0.726. The first-order valence-corrected chi connectivity index (χ1v) is 6.47. The number of aliphatic hydroxyl groups excluding tert-OH is 1. The van der Waals surface area contributed by atoms with Gasteiger partial charge in [-0.1, -0.05) is 18.2 Å². The van der Waals surface area contributed by atoms with Crippen LogP contribution in [0.4, 0.5) is 0 Å². The third-order valence-electron chi connectivity index (χ3n) is 3.41. The number of hydrogen-bond acceptors (Lipinski definition) is 3. The fourth-order valence-corrected chi connectivity index (χ4v) is 2.31. The van der Waals surface area contributed by atoms with Crippen molar-refractivity contribution in [2.75, 3.05) is 6.54 Å². The van der Waals surface area contributed by atoms with Crippen LogP contribution in [0.1, 0.15) is 29.5 Å². The second kappa shape index (κ2) is 5.98. The number of carbonyl (C=O) groups excluding carboxylic acids is 1. The lowest BCUT2D eigenvalue weighted by atomic mass is 9.90. The Morgan fingerprint density at radius 3 is 2.78 bits per heavy atom. The Kier molecular flexibility index (Phi) is 4.33. The first-order chi connectivity index (χ1) is 8.70. The Bertz CT molecular complexity index is 432. The number of hydrogen-bond donors (Lipinski definition) is 3. The molecule has 1 amide bonds. The summed E-state index contributed by atoms with van der Waals surface area (Å²) in [6.45, 7) is 0.402. The lowest BCUT2D eigenvalue weighted by molar-refractivity contribution is -0.128. The Hall–Kier alpha value is -1.39. The zero-order valence-electron chi connectivity index (χ0n) is 10.5. The molecule has 1 unspecified atom stereocenters. The van der Waals surface area contributed by atoms with E-state index >= 15 is 0 Å². The van der Waals surface area contributed by atoms with E-state index in [4.69, 9.17) is 5.73 Å². The molecule has 1 aromatic rings. The molecule has 1 aromatic carbocycles. The van der Waals surface area contributed by atoms with Crippen molar-refractivity contribution < 1.29 is 9.90 Å². The maximum Gasteiger partial charge on any atom is 0.250 e. The second-order valence-electron chi connectivity index (χ2n) is 4.78. The average molecular weight is 248 g/mol. The molecule has 18 heavy (non-hydrogen) atoms. The molecule has 0 bridgehead atoms. The zero-order valence-corrected chi connectivity index (χ0v) is 10.5. The van der Waals surface area contributed by atoms with Crippen LogP contribution in [0.2, 0.25) is 0 Å². The van der Waals surface area contributed by atoms with Crippen molar-refractivity contribution in [3.05, 3.63) is 34.9 Å². The smallest absolute Gasteiger partial charge is 0.250 e. The Morgan fingerprint density at radius 2 is 2.06 bits per heavy atom. The molecular formula is C14H20N2O2. The number of rotatable bonds is 4. The van der Waals surface area contributed by atoms with Crippen molar-refractivity contribution in [1.82, 2.24) is 5.32 Å². The van der Waals surface area contributed by atoms with Gasteiger partial charge in [-0.05, 0) is 42.4 Å². The van der Waals surface area contributed by atoms with Crippen LogP contribution in [0.15, 0.2) is 18.2 Å². The van der Waals surface area contributed by atoms with E-state index in [1.165, 1.54) is 24.0 Å². The van der Waals surface area contributed by atoms with Crippen LogP contribution >= 0.6 is 0 Å². The molecule has 0 spiro atoms. The maximum atomic E-state index is 11.4. The highest BCUT2D eigenvalue weighted by Crippen LogP contribution is 2.22. The molecule has 0 fully saturated rings. The molecule has 0 heterocycles. The van der Waals surface area contributed by atoms with Gasteiger partial charge in [-0.2, -0.15) is 0 Å². The molecule has 0 saturated heterocycles. The summed E-state index contributed by atoms with van der Waals surface area (Å²) in [5.74, 6) is -0.407. The van der Waals surface area contributed by atoms with Crippen molar-refractivity contribution in [2.24, 2.45) is 5.73 Å². The van der Waals surface area contributed by atoms with Gasteiger partial charge in [-0.25, -0.2) is 0 Å². The van der Waals surface area contributed by atoms with Gasteiger partial charge in [0.2, 0.25) is 5.91 Å². The summed E-state index contributed by atoms with van der Waals surface area (Å²) in [5, 5.41) is 11.9. The highest BCUT2D eigenvalue weighted by Gasteiger charge is 2.13. The van der Waals surface area contributed by atoms with E-state index in [0.717, 1.165) is 18.4 Å². The SMILES string of the molecule is NCC(O)C(=O)NCc1ccc2c(c1)CCCC2. The maximum absolute atomic E-state index is 11.4. The van der Waals surface area contributed by atoms with Gasteiger partial charge < -0.3 is 16.2 Å². The van der Waals surface area contributed by atoms with Gasteiger partial charge in [-0.15, -0.1) is 0 Å². The number of amides is 1. The monoisotopic (exact) mass is 248 g/mol. The molecule has 1 atom stereocenters. The number of nitrogens with one attached hydrogen (secondary N) is 1.